The van der Waals surface area contributed by atoms with E-state index >= 15 is 0 Å². The predicted molar refractivity (Wildman–Crippen MR) is 241 cm³/mol. The fourth-order valence-corrected chi connectivity index (χ4v) is 9.86. The smallest absolute Gasteiger partial charge is 0.407 e. The topological polar surface area (TPSA) is 226 Å². The maximum absolute atomic E-state index is 14.1. The number of aliphatic hydroxyl groups excluding tert-OH is 1. The highest BCUT2D eigenvalue weighted by molar-refractivity contribution is 7.89. The molecule has 0 unspecified atom stereocenters. The number of nitrogens with one attached hydrogen (secondary N) is 2. The van der Waals surface area contributed by atoms with Crippen LogP contribution in [-0.2, 0) is 43.7 Å². The van der Waals surface area contributed by atoms with Gasteiger partial charge in [-0.1, -0.05) is 32.0 Å². The number of benzene rings is 3. The molecule has 5 atom stereocenters. The normalized spacial score (nSPS) is 18.9. The van der Waals surface area contributed by atoms with Gasteiger partial charge in [-0.2, -0.15) is 4.31 Å². The molecule has 2 amide bonds. The van der Waals surface area contributed by atoms with Gasteiger partial charge in [0.05, 0.1) is 49.8 Å². The number of sulfonamides is 1. The fourth-order valence-electron chi connectivity index (χ4n) is 8.24. The molecular formula is C47H53F2N5O13S. The lowest BCUT2D eigenvalue weighted by molar-refractivity contribution is -0.181. The molecule has 0 saturated carbocycles. The molecule has 2 aliphatic heterocycles. The Morgan fingerprint density at radius 3 is 2.41 bits per heavy atom. The standard InChI is InChI=1S/C47H53F2N5O13S/c1-28(2)24-54(68(61,62)34-13-11-32(63-4)12-14-34)26-39(55)38(51-46(60)67-40-27-66-47(3)36(40)15-19-65-47)21-29-5-9-33(10-6-29)64-20-18-52-16-17-53-25-35(42(56)43(57)41(53)45(52)59)44(58)50-23-30-7-8-31(48)22-37(30)49/h5-14,16-17,22,25,28,36,38-40,55,57H,15,18-21,23-24,26-27H2,1-4H3,(H,50,58)(H,51,60)/t36-,38-,39+,40-,47+/m0/s1. The number of rotatable bonds is 19. The number of aromatic nitrogens is 2. The summed E-state index contributed by atoms with van der Waals surface area (Å²) in [4.78, 5) is 52.8. The highest BCUT2D eigenvalue weighted by Crippen LogP contribution is 2.42. The van der Waals surface area contributed by atoms with Crippen molar-refractivity contribution < 1.29 is 60.7 Å². The largest absolute Gasteiger partial charge is 0.503 e. The van der Waals surface area contributed by atoms with Crippen LogP contribution in [0.3, 0.4) is 0 Å². The van der Waals surface area contributed by atoms with Gasteiger partial charge in [0.15, 0.2) is 17.1 Å². The first-order chi connectivity index (χ1) is 32.4. The Labute approximate surface area is 390 Å². The number of aromatic hydroxyl groups is 1. The van der Waals surface area contributed by atoms with Crippen molar-refractivity contribution in [3.8, 4) is 17.2 Å². The van der Waals surface area contributed by atoms with Crippen LogP contribution in [0.25, 0.3) is 5.52 Å². The van der Waals surface area contributed by atoms with Crippen molar-refractivity contribution in [1.82, 2.24) is 23.9 Å². The SMILES string of the molecule is COc1ccc(S(=O)(=O)N(CC(C)C)C[C@@H](O)[C@H](Cc2ccc(OCCn3ccn4cc(C(=O)NCc5ccc(F)cc5F)c(=O)c(O)c4c3=O)cc2)NC(=O)O[C@H]2CO[C@@]3(C)OCC[C@@H]23)cc1. The number of nitrogens with zero attached hydrogens (tertiary/aromatic N) is 3. The van der Waals surface area contributed by atoms with Crippen molar-refractivity contribution in [2.45, 2.75) is 75.6 Å². The van der Waals surface area contributed by atoms with E-state index in [1.807, 2.05) is 13.8 Å². The lowest BCUT2D eigenvalue weighted by Gasteiger charge is -2.31. The molecule has 0 aliphatic carbocycles. The summed E-state index contributed by atoms with van der Waals surface area (Å²) in [6.45, 7) is 5.34. The van der Waals surface area contributed by atoms with Crippen LogP contribution >= 0.6 is 0 Å². The van der Waals surface area contributed by atoms with Crippen LogP contribution in [-0.4, -0.2) is 108 Å². The molecular weight excluding hydrogens is 913 g/mol. The molecule has 21 heteroatoms. The molecule has 7 rings (SSSR count). The number of hydrogen-bond donors (Lipinski definition) is 4. The second-order valence-corrected chi connectivity index (χ2v) is 19.0. The summed E-state index contributed by atoms with van der Waals surface area (Å²) in [6.07, 6.45) is 1.62. The van der Waals surface area contributed by atoms with E-state index in [0.717, 1.165) is 22.7 Å². The molecule has 4 heterocycles. The van der Waals surface area contributed by atoms with Crippen LogP contribution < -0.4 is 31.1 Å². The average molecular weight is 966 g/mol. The Bertz CT molecular complexity index is 2860. The lowest BCUT2D eigenvalue weighted by Crippen LogP contribution is -2.51. The quantitative estimate of drug-likeness (QED) is 0.0921. The minimum atomic E-state index is -4.11. The maximum Gasteiger partial charge on any atom is 0.407 e. The Morgan fingerprint density at radius 2 is 1.72 bits per heavy atom. The summed E-state index contributed by atoms with van der Waals surface area (Å²) < 4.78 is 87.2. The molecule has 4 N–H and O–H groups in total. The van der Waals surface area contributed by atoms with Gasteiger partial charge >= 0.3 is 6.09 Å². The summed E-state index contributed by atoms with van der Waals surface area (Å²) in [6, 6.07) is 14.4. The number of carbonyl (C=O) groups is 2. The molecule has 364 valence electrons. The third-order valence-corrected chi connectivity index (χ3v) is 13.8. The van der Waals surface area contributed by atoms with Crippen molar-refractivity contribution in [1.29, 1.82) is 0 Å². The van der Waals surface area contributed by atoms with Gasteiger partial charge < -0.3 is 53.5 Å². The Morgan fingerprint density at radius 1 is 1.00 bits per heavy atom. The number of ether oxygens (including phenoxy) is 5. The lowest BCUT2D eigenvalue weighted by atomic mass is 9.96. The Hall–Kier alpha value is -6.39. The zero-order valence-electron chi connectivity index (χ0n) is 37.7. The molecule has 2 saturated heterocycles. The fraction of sp³-hybridized carbons (Fsp3) is 0.404. The van der Waals surface area contributed by atoms with Crippen LogP contribution in [0.1, 0.15) is 48.7 Å². The van der Waals surface area contributed by atoms with Gasteiger partial charge in [-0.05, 0) is 73.7 Å². The van der Waals surface area contributed by atoms with Crippen LogP contribution in [0.15, 0.2) is 99.8 Å². The van der Waals surface area contributed by atoms with Crippen molar-refractivity contribution in [2.75, 3.05) is 40.0 Å². The molecule has 0 spiro atoms. The van der Waals surface area contributed by atoms with Crippen LogP contribution in [0, 0.1) is 23.5 Å². The summed E-state index contributed by atoms with van der Waals surface area (Å²) in [7, 11) is -2.64. The highest BCUT2D eigenvalue weighted by atomic mass is 32.2. The predicted octanol–water partition coefficient (Wildman–Crippen LogP) is 3.96. The zero-order chi connectivity index (χ0) is 48.9. The summed E-state index contributed by atoms with van der Waals surface area (Å²) in [5.41, 5.74) is -2.19. The van der Waals surface area contributed by atoms with Gasteiger partial charge in [0.1, 0.15) is 41.4 Å². The molecule has 18 nitrogen and oxygen atoms in total. The van der Waals surface area contributed by atoms with E-state index < -0.39 is 85.5 Å². The van der Waals surface area contributed by atoms with E-state index in [1.165, 1.54) is 52.6 Å². The van der Waals surface area contributed by atoms with Gasteiger partial charge in [0.25, 0.3) is 11.5 Å². The van der Waals surface area contributed by atoms with E-state index in [1.54, 1.807) is 31.2 Å². The number of amides is 2. The van der Waals surface area contributed by atoms with Crippen LogP contribution in [0.2, 0.25) is 0 Å². The molecule has 5 aromatic rings. The first kappa shape index (κ1) is 49.5. The van der Waals surface area contributed by atoms with Crippen molar-refractivity contribution in [3.05, 3.63) is 134 Å². The Balaban J connectivity index is 1.02. The maximum atomic E-state index is 14.1. The van der Waals surface area contributed by atoms with Crippen molar-refractivity contribution in [3.63, 3.8) is 0 Å². The molecule has 0 bridgehead atoms. The van der Waals surface area contributed by atoms with E-state index in [4.69, 9.17) is 23.7 Å². The monoisotopic (exact) mass is 965 g/mol. The summed E-state index contributed by atoms with van der Waals surface area (Å²) in [5, 5.41) is 27.7. The van der Waals surface area contributed by atoms with Gasteiger partial charge in [-0.3, -0.25) is 14.4 Å². The molecule has 2 aliphatic rings. The molecule has 68 heavy (non-hydrogen) atoms. The second kappa shape index (κ2) is 20.9. The molecule has 3 aromatic carbocycles. The molecule has 0 radical (unpaired) electrons. The number of carbonyl (C=O) groups excluding carboxylic acids is 2. The number of halogens is 2. The number of alkyl carbamates (subject to hydrolysis) is 1. The van der Waals surface area contributed by atoms with Crippen LogP contribution in [0.5, 0.6) is 17.2 Å². The number of hydrogen-bond acceptors (Lipinski definition) is 13. The zero-order valence-corrected chi connectivity index (χ0v) is 38.5. The van der Waals surface area contributed by atoms with E-state index in [0.29, 0.717) is 36.2 Å². The third-order valence-electron chi connectivity index (χ3n) is 11.9. The first-order valence-corrected chi connectivity index (χ1v) is 23.3. The molecule has 2 fully saturated rings. The minimum absolute atomic E-state index is 0.00448. The number of pyridine rings is 1. The van der Waals surface area contributed by atoms with Gasteiger partial charge in [-0.25, -0.2) is 22.0 Å². The van der Waals surface area contributed by atoms with Gasteiger partial charge in [0.2, 0.25) is 15.5 Å². The minimum Gasteiger partial charge on any atom is -0.503 e. The second-order valence-electron chi connectivity index (χ2n) is 17.1. The highest BCUT2D eigenvalue weighted by Gasteiger charge is 2.53. The summed E-state index contributed by atoms with van der Waals surface area (Å²) in [5.74, 6) is -3.95. The van der Waals surface area contributed by atoms with E-state index in [9.17, 15) is 46.6 Å². The number of methoxy groups -OCH3 is 1. The average Bonchev–Trinajstić information content (AvgIpc) is 3.84. The number of aliphatic hydroxyl groups is 1. The molecule has 2 aromatic heterocycles. The van der Waals surface area contributed by atoms with Crippen LogP contribution in [0.4, 0.5) is 13.6 Å². The number of fused-ring (bicyclic) bond motifs is 2. The van der Waals surface area contributed by atoms with E-state index in [2.05, 4.69) is 10.6 Å². The first-order valence-electron chi connectivity index (χ1n) is 21.9. The van der Waals surface area contributed by atoms with Crippen molar-refractivity contribution in [2.24, 2.45) is 11.8 Å². The van der Waals surface area contributed by atoms with Gasteiger partial charge in [0, 0.05) is 49.9 Å². The third kappa shape index (κ3) is 11.1. The van der Waals surface area contributed by atoms with E-state index in [-0.39, 0.29) is 68.1 Å². The summed E-state index contributed by atoms with van der Waals surface area (Å²) >= 11 is 0. The van der Waals surface area contributed by atoms with Crippen molar-refractivity contribution >= 4 is 27.5 Å². The Kier molecular flexibility index (Phi) is 15.2. The van der Waals surface area contributed by atoms with Gasteiger partial charge in [-0.15, -0.1) is 0 Å².